The number of carbonyl (C=O) groups is 6. The molecule has 2 rings (SSSR count). The molecule has 1 saturated heterocycles. The van der Waals surface area contributed by atoms with Gasteiger partial charge in [0, 0.05) is 24.7 Å². The molecule has 15 nitrogen and oxygen atoms in total. The van der Waals surface area contributed by atoms with Crippen molar-refractivity contribution >= 4 is 35.6 Å². The molecule has 1 aliphatic rings. The van der Waals surface area contributed by atoms with Gasteiger partial charge in [0.05, 0.1) is 18.8 Å². The summed E-state index contributed by atoms with van der Waals surface area (Å²) in [4.78, 5) is 78.6. The first-order chi connectivity index (χ1) is 16.6. The van der Waals surface area contributed by atoms with Crippen LogP contribution in [0.25, 0.3) is 0 Å². The van der Waals surface area contributed by atoms with Gasteiger partial charge in [-0.2, -0.15) is 0 Å². The van der Waals surface area contributed by atoms with Crippen LogP contribution in [0, 0.1) is 0 Å². The molecule has 1 fully saturated rings. The molecule has 1 aromatic heterocycles. The van der Waals surface area contributed by atoms with E-state index in [9.17, 15) is 39.0 Å². The van der Waals surface area contributed by atoms with Crippen molar-refractivity contribution in [3.63, 3.8) is 0 Å². The highest BCUT2D eigenvalue weighted by atomic mass is 16.4. The van der Waals surface area contributed by atoms with Crippen LogP contribution in [0.3, 0.4) is 0 Å². The lowest BCUT2D eigenvalue weighted by atomic mass is 10.1. The van der Waals surface area contributed by atoms with E-state index in [1.54, 1.807) is 0 Å². The lowest BCUT2D eigenvalue weighted by Crippen LogP contribution is -2.58. The summed E-state index contributed by atoms with van der Waals surface area (Å²) in [6.45, 7) is 0.612. The average Bonchev–Trinajstić information content (AvgIpc) is 3.49. The second-order valence-electron chi connectivity index (χ2n) is 8.05. The standard InChI is InChI=1S/C20H29N7O8/c21-15(28)4-3-12(20(34)35)25-18(32)13(6-10-8-22-9-24-10)26-19(33)14(7-16(29)30)27-17(31)11-2-1-5-23-11/h8-9,11-14,23H,1-7H2,(H2,21,28)(H,22,24)(H,25,32)(H,26,33)(H,27,31)(H,29,30)(H,34,35). The number of hydrogen-bond donors (Lipinski definition) is 8. The molecule has 0 radical (unpaired) electrons. The molecule has 15 heteroatoms. The van der Waals surface area contributed by atoms with Gasteiger partial charge >= 0.3 is 11.9 Å². The Hall–Kier alpha value is -4.01. The third-order valence-corrected chi connectivity index (χ3v) is 5.29. The zero-order valence-electron chi connectivity index (χ0n) is 18.8. The summed E-state index contributed by atoms with van der Waals surface area (Å²) in [5.74, 6) is -5.90. The first kappa shape index (κ1) is 27.2. The van der Waals surface area contributed by atoms with Crippen LogP contribution in [0.4, 0.5) is 0 Å². The maximum Gasteiger partial charge on any atom is 0.326 e. The highest BCUT2D eigenvalue weighted by Crippen LogP contribution is 2.07. The molecule has 35 heavy (non-hydrogen) atoms. The van der Waals surface area contributed by atoms with E-state index in [4.69, 9.17) is 5.73 Å². The number of hydrogen-bond acceptors (Lipinski definition) is 8. The number of aromatic amines is 1. The third-order valence-electron chi connectivity index (χ3n) is 5.29. The van der Waals surface area contributed by atoms with Gasteiger partial charge in [0.1, 0.15) is 18.1 Å². The summed E-state index contributed by atoms with van der Waals surface area (Å²) < 4.78 is 0. The van der Waals surface area contributed by atoms with Crippen LogP contribution < -0.4 is 27.0 Å². The first-order valence-electron chi connectivity index (χ1n) is 10.9. The number of nitrogens with one attached hydrogen (secondary N) is 5. The summed E-state index contributed by atoms with van der Waals surface area (Å²) >= 11 is 0. The van der Waals surface area contributed by atoms with Gasteiger partial charge in [0.15, 0.2) is 0 Å². The number of carboxylic acids is 2. The van der Waals surface area contributed by atoms with E-state index >= 15 is 0 Å². The molecule has 4 amide bonds. The highest BCUT2D eigenvalue weighted by Gasteiger charge is 2.33. The summed E-state index contributed by atoms with van der Waals surface area (Å²) in [5.41, 5.74) is 5.47. The minimum absolute atomic E-state index is 0.141. The number of carbonyl (C=O) groups excluding carboxylic acids is 4. The number of amides is 4. The number of imidazole rings is 1. The number of nitrogens with two attached hydrogens (primary N) is 1. The Labute approximate surface area is 199 Å². The summed E-state index contributed by atoms with van der Waals surface area (Å²) in [5, 5.41) is 28.5. The van der Waals surface area contributed by atoms with Crippen LogP contribution in [0.1, 0.15) is 37.8 Å². The second kappa shape index (κ2) is 13.0. The lowest BCUT2D eigenvalue weighted by molar-refractivity contribution is -0.143. The topological polar surface area (TPSA) is 246 Å². The van der Waals surface area contributed by atoms with E-state index < -0.39 is 66.2 Å². The molecule has 4 atom stereocenters. The third kappa shape index (κ3) is 9.04. The summed E-state index contributed by atoms with van der Waals surface area (Å²) in [7, 11) is 0. The molecule has 1 aromatic rings. The molecule has 4 unspecified atom stereocenters. The van der Waals surface area contributed by atoms with E-state index in [1.165, 1.54) is 12.5 Å². The molecule has 0 saturated carbocycles. The number of carboxylic acid groups (broad SMARTS) is 2. The Balaban J connectivity index is 2.16. The Morgan fingerprint density at radius 3 is 2.29 bits per heavy atom. The normalized spacial score (nSPS) is 17.5. The maximum atomic E-state index is 12.9. The van der Waals surface area contributed by atoms with Crippen molar-refractivity contribution in [2.45, 2.75) is 62.7 Å². The Morgan fingerprint density at radius 1 is 1.06 bits per heavy atom. The fraction of sp³-hybridized carbons (Fsp3) is 0.550. The predicted octanol–water partition coefficient (Wildman–Crippen LogP) is -3.02. The summed E-state index contributed by atoms with van der Waals surface area (Å²) in [6, 6.07) is -4.86. The molecule has 0 spiro atoms. The minimum Gasteiger partial charge on any atom is -0.481 e. The Bertz CT molecular complexity index is 930. The van der Waals surface area contributed by atoms with E-state index in [0.29, 0.717) is 18.7 Å². The largest absolute Gasteiger partial charge is 0.481 e. The number of aromatic nitrogens is 2. The zero-order valence-corrected chi connectivity index (χ0v) is 18.8. The molecular formula is C20H29N7O8. The van der Waals surface area contributed by atoms with E-state index in [1.807, 2.05) is 0 Å². The number of nitrogens with zero attached hydrogens (tertiary/aromatic N) is 1. The molecule has 0 bridgehead atoms. The van der Waals surface area contributed by atoms with Gasteiger partial charge in [-0.1, -0.05) is 0 Å². The van der Waals surface area contributed by atoms with Gasteiger partial charge < -0.3 is 42.2 Å². The van der Waals surface area contributed by atoms with Crippen LogP contribution >= 0.6 is 0 Å². The van der Waals surface area contributed by atoms with Gasteiger partial charge in [-0.3, -0.25) is 24.0 Å². The average molecular weight is 495 g/mol. The van der Waals surface area contributed by atoms with Crippen molar-refractivity contribution < 1.29 is 39.0 Å². The van der Waals surface area contributed by atoms with Crippen molar-refractivity contribution in [2.24, 2.45) is 5.73 Å². The predicted molar refractivity (Wildman–Crippen MR) is 117 cm³/mol. The quantitative estimate of drug-likeness (QED) is 0.130. The second-order valence-corrected chi connectivity index (χ2v) is 8.05. The van der Waals surface area contributed by atoms with Gasteiger partial charge in [-0.15, -0.1) is 0 Å². The van der Waals surface area contributed by atoms with Gasteiger partial charge in [-0.05, 0) is 25.8 Å². The van der Waals surface area contributed by atoms with Crippen molar-refractivity contribution in [1.82, 2.24) is 31.2 Å². The zero-order chi connectivity index (χ0) is 26.0. The molecule has 9 N–H and O–H groups in total. The van der Waals surface area contributed by atoms with Crippen LogP contribution in [0.5, 0.6) is 0 Å². The Morgan fingerprint density at radius 2 is 1.74 bits per heavy atom. The molecule has 2 heterocycles. The smallest absolute Gasteiger partial charge is 0.326 e. The van der Waals surface area contributed by atoms with Crippen molar-refractivity contribution in [1.29, 1.82) is 0 Å². The fourth-order valence-corrected chi connectivity index (χ4v) is 3.48. The number of H-pyrrole nitrogens is 1. The van der Waals surface area contributed by atoms with E-state index in [-0.39, 0.29) is 19.3 Å². The SMILES string of the molecule is NC(=O)CCC(NC(=O)C(Cc1cnc[nH]1)NC(=O)C(CC(=O)O)NC(=O)C1CCCN1)C(=O)O. The van der Waals surface area contributed by atoms with E-state index in [2.05, 4.69) is 31.2 Å². The molecule has 0 aromatic carbocycles. The highest BCUT2D eigenvalue weighted by molar-refractivity contribution is 5.95. The molecule has 1 aliphatic heterocycles. The molecule has 0 aliphatic carbocycles. The van der Waals surface area contributed by atoms with Crippen LogP contribution in [0.15, 0.2) is 12.5 Å². The van der Waals surface area contributed by atoms with Gasteiger partial charge in [0.25, 0.3) is 0 Å². The van der Waals surface area contributed by atoms with Gasteiger partial charge in [0.2, 0.25) is 23.6 Å². The number of primary amides is 1. The lowest BCUT2D eigenvalue weighted by Gasteiger charge is -2.24. The number of rotatable bonds is 14. The maximum absolute atomic E-state index is 12.9. The van der Waals surface area contributed by atoms with Crippen LogP contribution in [0.2, 0.25) is 0 Å². The van der Waals surface area contributed by atoms with Crippen molar-refractivity contribution in [2.75, 3.05) is 6.54 Å². The Kier molecular flexibility index (Phi) is 10.1. The number of aliphatic carboxylic acids is 2. The monoisotopic (exact) mass is 495 g/mol. The van der Waals surface area contributed by atoms with E-state index in [0.717, 1.165) is 6.42 Å². The molecule has 192 valence electrons. The van der Waals surface area contributed by atoms with Crippen molar-refractivity contribution in [3.05, 3.63) is 18.2 Å². The first-order valence-corrected chi connectivity index (χ1v) is 10.9. The van der Waals surface area contributed by atoms with Crippen LogP contribution in [-0.4, -0.2) is 86.5 Å². The fourth-order valence-electron chi connectivity index (χ4n) is 3.48. The summed E-state index contributed by atoms with van der Waals surface area (Å²) in [6.07, 6.45) is 2.55. The van der Waals surface area contributed by atoms with Crippen LogP contribution in [-0.2, 0) is 35.2 Å². The minimum atomic E-state index is -1.48. The molecular weight excluding hydrogens is 466 g/mol. The van der Waals surface area contributed by atoms with Crippen molar-refractivity contribution in [3.8, 4) is 0 Å². The van der Waals surface area contributed by atoms with Gasteiger partial charge in [-0.25, -0.2) is 9.78 Å².